The molecule has 0 aromatic carbocycles. The van der Waals surface area contributed by atoms with Gasteiger partial charge in [0.25, 0.3) is 0 Å². The van der Waals surface area contributed by atoms with E-state index in [2.05, 4.69) is 13.5 Å². The van der Waals surface area contributed by atoms with Crippen molar-refractivity contribution in [2.24, 2.45) is 29.1 Å². The lowest BCUT2D eigenvalue weighted by Gasteiger charge is -2.59. The van der Waals surface area contributed by atoms with Gasteiger partial charge in [-0.25, -0.2) is 9.59 Å². The number of hydrogen-bond donors (Lipinski definition) is 2. The minimum atomic E-state index is -1.12. The van der Waals surface area contributed by atoms with E-state index in [9.17, 15) is 14.7 Å². The Morgan fingerprint density at radius 3 is 2.04 bits per heavy atom. The van der Waals surface area contributed by atoms with E-state index in [4.69, 9.17) is 9.84 Å². The van der Waals surface area contributed by atoms with Crippen LogP contribution in [0.5, 0.6) is 0 Å². The number of ether oxygens (including phenoxy) is 1. The monoisotopic (exact) mass is 334 g/mol. The van der Waals surface area contributed by atoms with Gasteiger partial charge >= 0.3 is 11.9 Å². The summed E-state index contributed by atoms with van der Waals surface area (Å²) >= 11 is 0. The molecule has 4 bridgehead atoms. The van der Waals surface area contributed by atoms with Crippen LogP contribution in [-0.4, -0.2) is 35.4 Å². The van der Waals surface area contributed by atoms with Crippen molar-refractivity contribution in [3.05, 3.63) is 23.8 Å². The van der Waals surface area contributed by atoms with Crippen LogP contribution in [0.15, 0.2) is 23.8 Å². The zero-order chi connectivity index (χ0) is 17.5. The topological polar surface area (TPSA) is 83.8 Å². The summed E-state index contributed by atoms with van der Waals surface area (Å²) in [5.74, 6) is 0.693. The van der Waals surface area contributed by atoms with Gasteiger partial charge in [-0.3, -0.25) is 0 Å². The fourth-order valence-corrected chi connectivity index (χ4v) is 5.32. The molecule has 0 saturated heterocycles. The van der Waals surface area contributed by atoms with Crippen molar-refractivity contribution in [1.29, 1.82) is 0 Å². The molecule has 2 N–H and O–H groups in total. The number of carbonyl (C=O) groups is 2. The van der Waals surface area contributed by atoms with Gasteiger partial charge in [-0.05, 0) is 61.2 Å². The molecule has 5 nitrogen and oxygen atoms in total. The predicted molar refractivity (Wildman–Crippen MR) is 88.5 cm³/mol. The highest BCUT2D eigenvalue weighted by atomic mass is 16.5. The Kier molecular flexibility index (Phi) is 4.56. The third-order valence-electron chi connectivity index (χ3n) is 6.49. The zero-order valence-electron chi connectivity index (χ0n) is 14.2. The van der Waals surface area contributed by atoms with E-state index >= 15 is 0 Å². The van der Waals surface area contributed by atoms with Gasteiger partial charge in [-0.1, -0.05) is 19.6 Å². The Hall–Kier alpha value is -1.62. The minimum absolute atomic E-state index is 0.0689. The van der Waals surface area contributed by atoms with Crippen LogP contribution in [0.1, 0.15) is 39.0 Å². The third-order valence-corrected chi connectivity index (χ3v) is 6.49. The second-order valence-electron chi connectivity index (χ2n) is 8.05. The van der Waals surface area contributed by atoms with Crippen molar-refractivity contribution < 1.29 is 24.5 Å². The fourth-order valence-electron chi connectivity index (χ4n) is 5.32. The van der Waals surface area contributed by atoms with E-state index in [0.717, 1.165) is 11.8 Å². The molecule has 0 amide bonds. The molecule has 4 fully saturated rings. The maximum absolute atomic E-state index is 11.6. The van der Waals surface area contributed by atoms with Gasteiger partial charge in [0.15, 0.2) is 0 Å². The second-order valence-corrected chi connectivity index (χ2v) is 8.05. The number of rotatable bonds is 7. The summed E-state index contributed by atoms with van der Waals surface area (Å²) in [5, 5.41) is 18.3. The molecule has 5 heteroatoms. The van der Waals surface area contributed by atoms with Crippen LogP contribution in [0, 0.1) is 29.1 Å². The Bertz CT molecular complexity index is 561. The number of carboxylic acid groups (broad SMARTS) is 2. The lowest BCUT2D eigenvalue weighted by Crippen LogP contribution is -2.50. The van der Waals surface area contributed by atoms with Gasteiger partial charge in [0.2, 0.25) is 0 Å². The highest BCUT2D eigenvalue weighted by molar-refractivity contribution is 5.87. The molecule has 0 atom stereocenters. The number of allylic oxidation sites excluding steroid dienone is 1. The molecule has 4 rings (SSSR count). The highest BCUT2D eigenvalue weighted by Gasteiger charge is 2.53. The van der Waals surface area contributed by atoms with E-state index in [-0.39, 0.29) is 29.8 Å². The average molecular weight is 334 g/mol. The lowest BCUT2D eigenvalue weighted by atomic mass is 9.46. The maximum Gasteiger partial charge on any atom is 0.333 e. The number of carboxylic acids is 2. The predicted octanol–water partition coefficient (Wildman–Crippen LogP) is 3.12. The molecular formula is C19H26O5. The molecule has 24 heavy (non-hydrogen) atoms. The molecule has 0 aromatic rings. The molecule has 0 unspecified atom stereocenters. The van der Waals surface area contributed by atoms with Crippen LogP contribution in [0.4, 0.5) is 0 Å². The molecule has 0 aliphatic heterocycles. The molecule has 4 aliphatic rings. The zero-order valence-corrected chi connectivity index (χ0v) is 14.2. The van der Waals surface area contributed by atoms with Crippen molar-refractivity contribution in [3.63, 3.8) is 0 Å². The van der Waals surface area contributed by atoms with Crippen LogP contribution in [0.25, 0.3) is 0 Å². The first-order valence-electron chi connectivity index (χ1n) is 8.73. The standard InChI is InChI=1S/C19H26O5/c1-11(17(20)21)9-24-10-14(18(22)23)8-19(2)15-4-12-3-13(6-15)7-16(19)5-12/h8,12-13,15-16H,1,3-7,9-10H2,2H3,(H,20,21)(H,22,23). The Labute approximate surface area is 142 Å². The van der Waals surface area contributed by atoms with Gasteiger partial charge in [0.05, 0.1) is 24.4 Å². The summed E-state index contributed by atoms with van der Waals surface area (Å²) in [6.45, 7) is 5.36. The van der Waals surface area contributed by atoms with E-state index in [1.54, 1.807) is 0 Å². The van der Waals surface area contributed by atoms with Crippen molar-refractivity contribution in [3.8, 4) is 0 Å². The molecule has 4 saturated carbocycles. The SMILES string of the molecule is C=C(COCC(=CC1(C)C2CC3CC(C2)CC1C3)C(=O)O)C(=O)O. The molecular weight excluding hydrogens is 308 g/mol. The third kappa shape index (κ3) is 3.14. The number of aliphatic carboxylic acids is 2. The fraction of sp³-hybridized carbons (Fsp3) is 0.684. The van der Waals surface area contributed by atoms with Crippen LogP contribution >= 0.6 is 0 Å². The first-order chi connectivity index (χ1) is 11.3. The van der Waals surface area contributed by atoms with Gasteiger partial charge in [-0.2, -0.15) is 0 Å². The molecule has 0 radical (unpaired) electrons. The van der Waals surface area contributed by atoms with Gasteiger partial charge in [0, 0.05) is 0 Å². The Morgan fingerprint density at radius 2 is 1.58 bits per heavy atom. The summed E-state index contributed by atoms with van der Waals surface area (Å²) in [7, 11) is 0. The minimum Gasteiger partial charge on any atom is -0.478 e. The summed E-state index contributed by atoms with van der Waals surface area (Å²) in [6, 6.07) is 0. The molecule has 0 heterocycles. The summed E-state index contributed by atoms with van der Waals surface area (Å²) < 4.78 is 5.29. The molecule has 132 valence electrons. The summed E-state index contributed by atoms with van der Waals surface area (Å²) in [5.41, 5.74) is 0.0950. The quantitative estimate of drug-likeness (QED) is 0.699. The summed E-state index contributed by atoms with van der Waals surface area (Å²) in [6.07, 6.45) is 8.13. The lowest BCUT2D eigenvalue weighted by molar-refractivity contribution is -0.133. The Balaban J connectivity index is 1.72. The van der Waals surface area contributed by atoms with Crippen LogP contribution in [0.2, 0.25) is 0 Å². The van der Waals surface area contributed by atoms with Crippen LogP contribution in [0.3, 0.4) is 0 Å². The molecule has 0 spiro atoms. The highest BCUT2D eigenvalue weighted by Crippen LogP contribution is 2.62. The Morgan fingerprint density at radius 1 is 1.04 bits per heavy atom. The average Bonchev–Trinajstić information content (AvgIpc) is 2.50. The largest absolute Gasteiger partial charge is 0.478 e. The molecule has 0 aromatic heterocycles. The van der Waals surface area contributed by atoms with Crippen molar-refractivity contribution in [2.75, 3.05) is 13.2 Å². The van der Waals surface area contributed by atoms with Gasteiger partial charge in [-0.15, -0.1) is 0 Å². The van der Waals surface area contributed by atoms with Crippen LogP contribution in [-0.2, 0) is 14.3 Å². The van der Waals surface area contributed by atoms with Crippen molar-refractivity contribution in [1.82, 2.24) is 0 Å². The second kappa shape index (κ2) is 6.36. The van der Waals surface area contributed by atoms with E-state index < -0.39 is 11.9 Å². The normalized spacial score (nSPS) is 37.5. The van der Waals surface area contributed by atoms with Crippen molar-refractivity contribution in [2.45, 2.75) is 39.0 Å². The van der Waals surface area contributed by atoms with E-state index in [1.807, 2.05) is 6.08 Å². The van der Waals surface area contributed by atoms with Crippen LogP contribution < -0.4 is 0 Å². The summed E-state index contributed by atoms with van der Waals surface area (Å²) in [4.78, 5) is 22.4. The van der Waals surface area contributed by atoms with Gasteiger partial charge < -0.3 is 14.9 Å². The smallest absolute Gasteiger partial charge is 0.333 e. The first-order valence-corrected chi connectivity index (χ1v) is 8.73. The van der Waals surface area contributed by atoms with E-state index in [1.165, 1.54) is 32.1 Å². The van der Waals surface area contributed by atoms with Crippen molar-refractivity contribution >= 4 is 11.9 Å². The van der Waals surface area contributed by atoms with Gasteiger partial charge in [0.1, 0.15) is 0 Å². The van der Waals surface area contributed by atoms with E-state index in [0.29, 0.717) is 11.8 Å². The first kappa shape index (κ1) is 17.2. The number of hydrogen-bond acceptors (Lipinski definition) is 3. The maximum atomic E-state index is 11.6. The molecule has 4 aliphatic carbocycles.